The van der Waals surface area contributed by atoms with Crippen molar-refractivity contribution in [1.29, 1.82) is 0 Å². The highest BCUT2D eigenvalue weighted by Gasteiger charge is 2.32. The summed E-state index contributed by atoms with van der Waals surface area (Å²) in [5.74, 6) is -0.00782. The van der Waals surface area contributed by atoms with Gasteiger partial charge in [-0.15, -0.1) is 0 Å². The van der Waals surface area contributed by atoms with Crippen molar-refractivity contribution >= 4 is 11.6 Å². The lowest BCUT2D eigenvalue weighted by Crippen LogP contribution is -2.41. The van der Waals surface area contributed by atoms with Crippen LogP contribution in [0.4, 0.5) is 5.69 Å². The summed E-state index contributed by atoms with van der Waals surface area (Å²) in [5.41, 5.74) is 7.30. The Morgan fingerprint density at radius 3 is 2.65 bits per heavy atom. The van der Waals surface area contributed by atoms with Crippen molar-refractivity contribution < 1.29 is 4.79 Å². The van der Waals surface area contributed by atoms with Crippen LogP contribution < -0.4 is 5.73 Å². The Balaban J connectivity index is 2.11. The number of hydrogen-bond acceptors (Lipinski definition) is 3. The van der Waals surface area contributed by atoms with Crippen molar-refractivity contribution in [1.82, 2.24) is 14.7 Å². The van der Waals surface area contributed by atoms with Crippen LogP contribution >= 0.6 is 0 Å². The number of aryl methyl sites for hydroxylation is 1. The van der Waals surface area contributed by atoms with E-state index in [2.05, 4.69) is 18.9 Å². The second-order valence-corrected chi connectivity index (χ2v) is 6.58. The van der Waals surface area contributed by atoms with Crippen LogP contribution in [0.15, 0.2) is 6.20 Å². The first-order chi connectivity index (χ1) is 9.35. The minimum Gasteiger partial charge on any atom is -0.396 e. The molecule has 1 saturated carbocycles. The molecule has 0 unspecified atom stereocenters. The van der Waals surface area contributed by atoms with Gasteiger partial charge in [0.05, 0.1) is 11.9 Å². The van der Waals surface area contributed by atoms with E-state index in [4.69, 9.17) is 5.73 Å². The van der Waals surface area contributed by atoms with Crippen LogP contribution in [-0.4, -0.2) is 33.7 Å². The number of carbonyl (C=O) groups excluding carboxylic acids is 1. The van der Waals surface area contributed by atoms with Crippen LogP contribution in [0.25, 0.3) is 0 Å². The maximum absolute atomic E-state index is 12.7. The Bertz CT molecular complexity index is 482. The van der Waals surface area contributed by atoms with Gasteiger partial charge in [0.15, 0.2) is 0 Å². The van der Waals surface area contributed by atoms with Gasteiger partial charge in [0.2, 0.25) is 0 Å². The van der Waals surface area contributed by atoms with E-state index < -0.39 is 0 Å². The van der Waals surface area contributed by atoms with Gasteiger partial charge in [-0.3, -0.25) is 9.48 Å². The molecule has 0 atom stereocenters. The van der Waals surface area contributed by atoms with Gasteiger partial charge < -0.3 is 10.6 Å². The van der Waals surface area contributed by atoms with Gasteiger partial charge in [-0.25, -0.2) is 0 Å². The number of amides is 1. The first kappa shape index (κ1) is 14.9. The maximum Gasteiger partial charge on any atom is 0.274 e. The van der Waals surface area contributed by atoms with Gasteiger partial charge in [-0.05, 0) is 38.0 Å². The van der Waals surface area contributed by atoms with Crippen molar-refractivity contribution in [3.05, 3.63) is 11.9 Å². The van der Waals surface area contributed by atoms with Crippen LogP contribution in [0.2, 0.25) is 0 Å². The number of rotatable bonds is 3. The zero-order chi connectivity index (χ0) is 14.9. The monoisotopic (exact) mass is 278 g/mol. The lowest BCUT2D eigenvalue weighted by molar-refractivity contribution is 0.0624. The van der Waals surface area contributed by atoms with Gasteiger partial charge in [0.25, 0.3) is 5.91 Å². The lowest BCUT2D eigenvalue weighted by atomic mass is 9.75. The van der Waals surface area contributed by atoms with Crippen molar-refractivity contribution in [2.24, 2.45) is 5.41 Å². The minimum atomic E-state index is -0.00782. The summed E-state index contributed by atoms with van der Waals surface area (Å²) in [7, 11) is 1.89. The molecule has 5 nitrogen and oxygen atoms in total. The highest BCUT2D eigenvalue weighted by Crippen LogP contribution is 2.37. The van der Waals surface area contributed by atoms with E-state index >= 15 is 0 Å². The molecule has 112 valence electrons. The molecule has 1 fully saturated rings. The van der Waals surface area contributed by atoms with Crippen LogP contribution in [0.3, 0.4) is 0 Å². The average molecular weight is 278 g/mol. The Morgan fingerprint density at radius 1 is 1.50 bits per heavy atom. The molecule has 1 heterocycles. The summed E-state index contributed by atoms with van der Waals surface area (Å²) >= 11 is 0. The molecule has 1 aliphatic carbocycles. The van der Waals surface area contributed by atoms with Crippen LogP contribution in [-0.2, 0) is 6.54 Å². The summed E-state index contributed by atoms with van der Waals surface area (Å²) < 4.78 is 1.68. The third-order valence-corrected chi connectivity index (χ3v) is 4.55. The Labute approximate surface area is 121 Å². The fraction of sp³-hybridized carbons (Fsp3) is 0.733. The van der Waals surface area contributed by atoms with E-state index in [-0.39, 0.29) is 5.91 Å². The summed E-state index contributed by atoms with van der Waals surface area (Å²) in [4.78, 5) is 14.5. The second kappa shape index (κ2) is 5.46. The summed E-state index contributed by atoms with van der Waals surface area (Å²) in [6, 6.07) is 0.315. The van der Waals surface area contributed by atoms with E-state index in [0.29, 0.717) is 29.4 Å². The molecule has 0 aliphatic heterocycles. The predicted molar refractivity (Wildman–Crippen MR) is 80.4 cm³/mol. The molecule has 0 saturated heterocycles. The van der Waals surface area contributed by atoms with E-state index in [0.717, 1.165) is 25.7 Å². The number of nitrogens with zero attached hydrogens (tertiary/aromatic N) is 3. The summed E-state index contributed by atoms with van der Waals surface area (Å²) in [5, 5.41) is 4.15. The van der Waals surface area contributed by atoms with Crippen molar-refractivity contribution in [3.63, 3.8) is 0 Å². The quantitative estimate of drug-likeness (QED) is 0.924. The zero-order valence-electron chi connectivity index (χ0n) is 13.0. The highest BCUT2D eigenvalue weighted by atomic mass is 16.2. The van der Waals surface area contributed by atoms with E-state index in [9.17, 15) is 4.79 Å². The Hall–Kier alpha value is -1.52. The summed E-state index contributed by atoms with van der Waals surface area (Å²) in [6.07, 6.45) is 6.02. The van der Waals surface area contributed by atoms with Crippen LogP contribution in [0.1, 0.15) is 56.9 Å². The topological polar surface area (TPSA) is 64.2 Å². The molecule has 0 radical (unpaired) electrons. The molecular formula is C15H26N4O. The molecule has 1 amide bonds. The van der Waals surface area contributed by atoms with Crippen molar-refractivity contribution in [2.45, 2.75) is 59.0 Å². The molecule has 1 aliphatic rings. The highest BCUT2D eigenvalue weighted by molar-refractivity contribution is 5.97. The lowest BCUT2D eigenvalue weighted by Gasteiger charge is -2.38. The number of carbonyl (C=O) groups is 1. The number of anilines is 1. The Kier molecular flexibility index (Phi) is 4.06. The number of nitrogens with two attached hydrogens (primary N) is 1. The number of aromatic nitrogens is 2. The molecule has 1 aromatic rings. The average Bonchev–Trinajstić information content (AvgIpc) is 2.78. The summed E-state index contributed by atoms with van der Waals surface area (Å²) in [6.45, 7) is 7.22. The predicted octanol–water partition coefficient (Wildman–Crippen LogP) is 2.53. The molecule has 0 spiro atoms. The van der Waals surface area contributed by atoms with Gasteiger partial charge in [-0.1, -0.05) is 13.8 Å². The van der Waals surface area contributed by atoms with Crippen molar-refractivity contribution in [3.8, 4) is 0 Å². The smallest absolute Gasteiger partial charge is 0.274 e. The number of hydrogen-bond donors (Lipinski definition) is 1. The van der Waals surface area contributed by atoms with Crippen molar-refractivity contribution in [2.75, 3.05) is 12.8 Å². The molecule has 0 bridgehead atoms. The van der Waals surface area contributed by atoms with Gasteiger partial charge in [-0.2, -0.15) is 5.10 Å². The third-order valence-electron chi connectivity index (χ3n) is 4.55. The fourth-order valence-electron chi connectivity index (χ4n) is 2.98. The third kappa shape index (κ3) is 2.81. The first-order valence-electron chi connectivity index (χ1n) is 7.44. The minimum absolute atomic E-state index is 0.00782. The van der Waals surface area contributed by atoms with Crippen LogP contribution in [0.5, 0.6) is 0 Å². The largest absolute Gasteiger partial charge is 0.396 e. The van der Waals surface area contributed by atoms with Gasteiger partial charge >= 0.3 is 0 Å². The van der Waals surface area contributed by atoms with E-state index in [1.807, 2.05) is 18.9 Å². The van der Waals surface area contributed by atoms with Gasteiger partial charge in [0, 0.05) is 19.6 Å². The Morgan fingerprint density at radius 2 is 2.10 bits per heavy atom. The normalized spacial score (nSPS) is 19.0. The maximum atomic E-state index is 12.7. The fourth-order valence-corrected chi connectivity index (χ4v) is 2.98. The number of nitrogen functional groups attached to an aromatic ring is 1. The second-order valence-electron chi connectivity index (χ2n) is 6.58. The van der Waals surface area contributed by atoms with Crippen LogP contribution in [0, 0.1) is 5.41 Å². The SMILES string of the molecule is CCn1ncc(N)c1C(=O)N(C)C1CCC(C)(C)CC1. The van der Waals surface area contributed by atoms with E-state index in [1.165, 1.54) is 0 Å². The van der Waals surface area contributed by atoms with E-state index in [1.54, 1.807) is 10.9 Å². The molecule has 2 N–H and O–H groups in total. The van der Waals surface area contributed by atoms with Gasteiger partial charge in [0.1, 0.15) is 5.69 Å². The molecule has 1 aromatic heterocycles. The molecule has 20 heavy (non-hydrogen) atoms. The molecule has 0 aromatic carbocycles. The first-order valence-corrected chi connectivity index (χ1v) is 7.44. The standard InChI is InChI=1S/C15H26N4O/c1-5-19-13(12(16)10-17-19)14(20)18(4)11-6-8-15(2,3)9-7-11/h10-11H,5-9,16H2,1-4H3. The zero-order valence-corrected chi connectivity index (χ0v) is 13.0. The molecular weight excluding hydrogens is 252 g/mol. The molecule has 5 heteroatoms. The molecule has 2 rings (SSSR count).